The van der Waals surface area contributed by atoms with E-state index >= 15 is 0 Å². The molecule has 2 nitrogen and oxygen atoms in total. The van der Waals surface area contributed by atoms with Crippen LogP contribution < -0.4 is 5.32 Å². The monoisotopic (exact) mass is 277 g/mol. The molecule has 2 N–H and O–H groups in total. The first-order chi connectivity index (χ1) is 14.0. The second-order valence-electron chi connectivity index (χ2n) is 4.79. The summed E-state index contributed by atoms with van der Waals surface area (Å²) >= 11 is 0. The molecule has 0 radical (unpaired) electrons. The van der Waals surface area contributed by atoms with Gasteiger partial charge in [-0.3, -0.25) is 0 Å². The van der Waals surface area contributed by atoms with E-state index in [0.29, 0.717) is 25.9 Å². The van der Waals surface area contributed by atoms with Gasteiger partial charge in [0.1, 0.15) is 5.60 Å². The maximum Gasteiger partial charge on any atom is 0.117 e. The van der Waals surface area contributed by atoms with Crippen LogP contribution >= 0.6 is 0 Å². The minimum absolute atomic E-state index is 0.320. The first kappa shape index (κ1) is 6.00. The second kappa shape index (κ2) is 5.78. The zero-order chi connectivity index (χ0) is 22.5. The smallest absolute Gasteiger partial charge is 0.117 e. The zero-order valence-electron chi connectivity index (χ0n) is 20.9. The highest BCUT2D eigenvalue weighted by atomic mass is 16.3. The van der Waals surface area contributed by atoms with Crippen LogP contribution in [0, 0.1) is 5.92 Å². The van der Waals surface area contributed by atoms with Crippen LogP contribution in [0.15, 0.2) is 60.4 Å². The highest BCUT2D eigenvalue weighted by Gasteiger charge is 2.40. The predicted molar refractivity (Wildman–Crippen MR) is 81.5 cm³/mol. The predicted octanol–water partition coefficient (Wildman–Crippen LogP) is 2.92. The Morgan fingerprint density at radius 1 is 0.900 bits per heavy atom. The van der Waals surface area contributed by atoms with Crippen LogP contribution in [0.25, 0.3) is 0 Å². The maximum atomic E-state index is 12.0. The SMILES string of the molecule is [2H]c1c([2H])c([2H])c(C(O)(c2c([2H])c([2H])c([2H])c([2H])c2[2H])C2CCNCC2)c([2H])c1[2H]. The first-order valence-corrected chi connectivity index (χ1v) is 6.54. The normalized spacial score (nSPS) is 24.1. The molecular formula is C18H21NO. The summed E-state index contributed by atoms with van der Waals surface area (Å²) in [6, 6.07) is -6.55. The molecule has 2 aromatic rings. The molecule has 2 heteroatoms. The Morgan fingerprint density at radius 3 is 1.80 bits per heavy atom. The molecule has 0 saturated carbocycles. The van der Waals surface area contributed by atoms with Gasteiger partial charge < -0.3 is 10.4 Å². The third kappa shape index (κ3) is 2.37. The van der Waals surface area contributed by atoms with Crippen molar-refractivity contribution in [2.45, 2.75) is 18.4 Å². The molecular weight excluding hydrogens is 246 g/mol. The first-order valence-electron chi connectivity index (χ1n) is 11.5. The topological polar surface area (TPSA) is 32.3 Å². The molecule has 0 atom stereocenters. The van der Waals surface area contributed by atoms with Crippen molar-refractivity contribution in [2.75, 3.05) is 13.1 Å². The Labute approximate surface area is 134 Å². The van der Waals surface area contributed by atoms with Crippen molar-refractivity contribution in [1.82, 2.24) is 5.32 Å². The molecule has 0 amide bonds. The lowest BCUT2D eigenvalue weighted by atomic mass is 9.72. The number of benzene rings is 2. The number of rotatable bonds is 3. The van der Waals surface area contributed by atoms with Crippen molar-refractivity contribution in [2.24, 2.45) is 5.92 Å². The molecule has 1 aliphatic heterocycles. The fourth-order valence-electron chi connectivity index (χ4n) is 2.65. The fourth-order valence-corrected chi connectivity index (χ4v) is 2.65. The van der Waals surface area contributed by atoms with E-state index in [2.05, 4.69) is 5.32 Å². The maximum absolute atomic E-state index is 12.0. The van der Waals surface area contributed by atoms with Gasteiger partial charge in [0, 0.05) is 0 Å². The van der Waals surface area contributed by atoms with E-state index in [0.717, 1.165) is 0 Å². The third-order valence-corrected chi connectivity index (χ3v) is 3.69. The lowest BCUT2D eigenvalue weighted by molar-refractivity contribution is 0.00236. The van der Waals surface area contributed by atoms with Gasteiger partial charge in [-0.2, -0.15) is 0 Å². The van der Waals surface area contributed by atoms with Crippen LogP contribution in [0.5, 0.6) is 0 Å². The minimum atomic E-state index is -2.37. The van der Waals surface area contributed by atoms with Crippen LogP contribution in [0.1, 0.15) is 37.7 Å². The Bertz CT molecular complexity index is 891. The van der Waals surface area contributed by atoms with Crippen LogP contribution in [-0.2, 0) is 5.60 Å². The van der Waals surface area contributed by atoms with Crippen LogP contribution in [0.4, 0.5) is 0 Å². The molecule has 1 saturated heterocycles. The Hall–Kier alpha value is -1.64. The van der Waals surface area contributed by atoms with Gasteiger partial charge in [0.25, 0.3) is 0 Å². The molecule has 1 aliphatic rings. The number of nitrogens with one attached hydrogen (secondary N) is 1. The van der Waals surface area contributed by atoms with Crippen LogP contribution in [0.2, 0.25) is 0 Å². The molecule has 0 aromatic heterocycles. The second-order valence-corrected chi connectivity index (χ2v) is 4.79. The molecule has 0 aliphatic carbocycles. The molecule has 3 rings (SSSR count). The van der Waals surface area contributed by atoms with Crippen molar-refractivity contribution >= 4 is 0 Å². The van der Waals surface area contributed by atoms with Crippen molar-refractivity contribution in [3.05, 3.63) is 71.6 Å². The van der Waals surface area contributed by atoms with Crippen molar-refractivity contribution in [3.8, 4) is 0 Å². The molecule has 1 fully saturated rings. The molecule has 1 heterocycles. The molecule has 104 valence electrons. The van der Waals surface area contributed by atoms with Gasteiger partial charge in [0.15, 0.2) is 0 Å². The van der Waals surface area contributed by atoms with Gasteiger partial charge in [-0.1, -0.05) is 60.4 Å². The highest BCUT2D eigenvalue weighted by Crippen LogP contribution is 2.40. The average molecular weight is 277 g/mol. The van der Waals surface area contributed by atoms with Gasteiger partial charge in [-0.15, -0.1) is 0 Å². The van der Waals surface area contributed by atoms with Crippen molar-refractivity contribution in [1.29, 1.82) is 0 Å². The van der Waals surface area contributed by atoms with Crippen LogP contribution in [0.3, 0.4) is 0 Å². The highest BCUT2D eigenvalue weighted by molar-refractivity contribution is 5.37. The van der Waals surface area contributed by atoms with Gasteiger partial charge in [0.05, 0.1) is 13.7 Å². The Balaban J connectivity index is 2.49. The van der Waals surface area contributed by atoms with E-state index < -0.39 is 83.1 Å². The Kier molecular flexibility index (Phi) is 1.73. The fraction of sp³-hybridized carbons (Fsp3) is 0.333. The van der Waals surface area contributed by atoms with E-state index in [1.165, 1.54) is 0 Å². The van der Waals surface area contributed by atoms with E-state index in [4.69, 9.17) is 13.7 Å². The van der Waals surface area contributed by atoms with Gasteiger partial charge >= 0.3 is 0 Å². The van der Waals surface area contributed by atoms with Gasteiger partial charge in [0.2, 0.25) is 0 Å². The van der Waals surface area contributed by atoms with E-state index in [-0.39, 0.29) is 0 Å². The molecule has 0 unspecified atom stereocenters. The molecule has 20 heavy (non-hydrogen) atoms. The summed E-state index contributed by atoms with van der Waals surface area (Å²) < 4.78 is 81.0. The number of aliphatic hydroxyl groups is 1. The third-order valence-electron chi connectivity index (χ3n) is 3.69. The Morgan fingerprint density at radius 2 is 1.35 bits per heavy atom. The molecule has 0 bridgehead atoms. The van der Waals surface area contributed by atoms with Crippen molar-refractivity contribution in [3.63, 3.8) is 0 Å². The van der Waals surface area contributed by atoms with E-state index in [1.807, 2.05) is 0 Å². The summed E-state index contributed by atoms with van der Waals surface area (Å²) in [4.78, 5) is 0. The number of hydrogen-bond acceptors (Lipinski definition) is 2. The summed E-state index contributed by atoms with van der Waals surface area (Å²) in [5.74, 6) is -0.731. The standard InChI is InChI=1S/C18H21NO/c20-18(15-7-3-1-4-8-15,16-9-5-2-6-10-16)17-11-13-19-14-12-17/h1-10,17,19-20H,11-14H2/i1D,2D,3D,4D,5D,6D,7D,8D,9D,10D. The largest absolute Gasteiger partial charge is 0.380 e. The van der Waals surface area contributed by atoms with Crippen LogP contribution in [-0.4, -0.2) is 18.2 Å². The summed E-state index contributed by atoms with van der Waals surface area (Å²) in [7, 11) is 0. The molecule has 2 aromatic carbocycles. The zero-order valence-corrected chi connectivity index (χ0v) is 10.9. The van der Waals surface area contributed by atoms with Gasteiger partial charge in [-0.05, 0) is 43.0 Å². The summed E-state index contributed by atoms with van der Waals surface area (Å²) in [6.07, 6.45) is 0.641. The van der Waals surface area contributed by atoms with Gasteiger partial charge in [-0.25, -0.2) is 0 Å². The quantitative estimate of drug-likeness (QED) is 0.904. The summed E-state index contributed by atoms with van der Waals surface area (Å²) in [5.41, 5.74) is -3.32. The minimum Gasteiger partial charge on any atom is -0.380 e. The van der Waals surface area contributed by atoms with E-state index in [9.17, 15) is 5.11 Å². The van der Waals surface area contributed by atoms with Crippen molar-refractivity contribution < 1.29 is 18.8 Å². The molecule has 0 spiro atoms. The average Bonchev–Trinajstić information content (AvgIpc) is 2.74. The number of hydrogen-bond donors (Lipinski definition) is 2. The summed E-state index contributed by atoms with van der Waals surface area (Å²) in [6.45, 7) is 0.925. The lowest BCUT2D eigenvalue weighted by Gasteiger charge is -2.39. The lowest BCUT2D eigenvalue weighted by Crippen LogP contribution is -2.42. The number of piperidine rings is 1. The van der Waals surface area contributed by atoms with E-state index in [1.54, 1.807) is 0 Å². The summed E-state index contributed by atoms with van der Waals surface area (Å²) in [5, 5.41) is 15.1.